The SMILES string of the molecule is CCN(CCO)S(=O)(=O)F. The molecular weight excluding hydrogens is 161 g/mol. The van der Waals surface area contributed by atoms with E-state index in [2.05, 4.69) is 0 Å². The maximum atomic E-state index is 12.0. The summed E-state index contributed by atoms with van der Waals surface area (Å²) in [5.74, 6) is 0. The van der Waals surface area contributed by atoms with Crippen molar-refractivity contribution in [3.05, 3.63) is 0 Å². The summed E-state index contributed by atoms with van der Waals surface area (Å²) in [4.78, 5) is 0. The average Bonchev–Trinajstić information content (AvgIpc) is 1.80. The van der Waals surface area contributed by atoms with Gasteiger partial charge in [0.1, 0.15) is 0 Å². The lowest BCUT2D eigenvalue weighted by molar-refractivity contribution is 0.252. The molecule has 0 aromatic carbocycles. The second-order valence-corrected chi connectivity index (χ2v) is 3.00. The minimum atomic E-state index is -4.60. The Kier molecular flexibility index (Phi) is 3.77. The van der Waals surface area contributed by atoms with E-state index < -0.39 is 10.4 Å². The Balaban J connectivity index is 4.08. The van der Waals surface area contributed by atoms with Crippen LogP contribution >= 0.6 is 0 Å². The Bertz CT molecular complexity index is 179. The van der Waals surface area contributed by atoms with E-state index in [1.807, 2.05) is 0 Å². The summed E-state index contributed by atoms with van der Waals surface area (Å²) in [6.07, 6.45) is 0. The summed E-state index contributed by atoms with van der Waals surface area (Å²) >= 11 is 0. The molecule has 0 aromatic rings. The van der Waals surface area contributed by atoms with Crippen molar-refractivity contribution in [1.82, 2.24) is 4.31 Å². The van der Waals surface area contributed by atoms with Crippen LogP contribution in [0.4, 0.5) is 3.89 Å². The Morgan fingerprint density at radius 3 is 2.20 bits per heavy atom. The molecule has 0 saturated heterocycles. The van der Waals surface area contributed by atoms with E-state index in [4.69, 9.17) is 5.11 Å². The van der Waals surface area contributed by atoms with E-state index in [0.717, 1.165) is 0 Å². The lowest BCUT2D eigenvalue weighted by Gasteiger charge is -2.11. The summed E-state index contributed by atoms with van der Waals surface area (Å²) < 4.78 is 32.8. The molecule has 0 aliphatic heterocycles. The zero-order chi connectivity index (χ0) is 8.20. The van der Waals surface area contributed by atoms with Crippen molar-refractivity contribution in [2.45, 2.75) is 6.92 Å². The van der Waals surface area contributed by atoms with E-state index in [-0.39, 0.29) is 19.7 Å². The number of nitrogens with zero attached hydrogens (tertiary/aromatic N) is 1. The van der Waals surface area contributed by atoms with Crippen LogP contribution in [0.25, 0.3) is 0 Å². The van der Waals surface area contributed by atoms with Gasteiger partial charge in [-0.3, -0.25) is 0 Å². The molecule has 0 aromatic heterocycles. The van der Waals surface area contributed by atoms with Crippen molar-refractivity contribution in [3.8, 4) is 0 Å². The molecule has 1 N–H and O–H groups in total. The van der Waals surface area contributed by atoms with Crippen LogP contribution in [0.2, 0.25) is 0 Å². The van der Waals surface area contributed by atoms with Gasteiger partial charge in [-0.25, -0.2) is 0 Å². The highest BCUT2D eigenvalue weighted by Gasteiger charge is 2.17. The van der Waals surface area contributed by atoms with E-state index in [1.54, 1.807) is 0 Å². The fraction of sp³-hybridized carbons (Fsp3) is 1.00. The van der Waals surface area contributed by atoms with Crippen molar-refractivity contribution in [2.75, 3.05) is 19.7 Å². The molecule has 0 aliphatic carbocycles. The molecule has 0 saturated carbocycles. The van der Waals surface area contributed by atoms with Crippen LogP contribution in [-0.4, -0.2) is 37.5 Å². The van der Waals surface area contributed by atoms with Gasteiger partial charge in [0.2, 0.25) is 0 Å². The first-order valence-electron chi connectivity index (χ1n) is 2.83. The Morgan fingerprint density at radius 2 is 2.10 bits per heavy atom. The lowest BCUT2D eigenvalue weighted by atomic mass is 10.6. The normalized spacial score (nSPS) is 12.4. The number of hydrogen-bond acceptors (Lipinski definition) is 3. The van der Waals surface area contributed by atoms with Gasteiger partial charge >= 0.3 is 10.4 Å². The van der Waals surface area contributed by atoms with Crippen LogP contribution in [0.1, 0.15) is 6.92 Å². The van der Waals surface area contributed by atoms with Crippen molar-refractivity contribution >= 4 is 10.4 Å². The van der Waals surface area contributed by atoms with E-state index >= 15 is 0 Å². The molecule has 0 radical (unpaired) electrons. The Hall–Kier alpha value is -0.200. The van der Waals surface area contributed by atoms with Gasteiger partial charge in [-0.15, -0.1) is 0 Å². The van der Waals surface area contributed by atoms with E-state index in [0.29, 0.717) is 4.31 Å². The maximum absolute atomic E-state index is 12.0. The van der Waals surface area contributed by atoms with Crippen LogP contribution in [0.3, 0.4) is 0 Å². The molecule has 6 heteroatoms. The Labute approximate surface area is 59.6 Å². The fourth-order valence-electron chi connectivity index (χ4n) is 0.533. The molecule has 0 fully saturated rings. The Morgan fingerprint density at radius 1 is 1.60 bits per heavy atom. The van der Waals surface area contributed by atoms with Crippen molar-refractivity contribution < 1.29 is 17.4 Å². The van der Waals surface area contributed by atoms with E-state index in [9.17, 15) is 12.3 Å². The average molecular weight is 171 g/mol. The molecule has 0 atom stereocenters. The number of aliphatic hydroxyl groups is 1. The molecule has 62 valence electrons. The monoisotopic (exact) mass is 171 g/mol. The van der Waals surface area contributed by atoms with Crippen LogP contribution in [-0.2, 0) is 10.4 Å². The standard InChI is InChI=1S/C4H10FNO3S/c1-2-6(3-4-7)10(5,8)9/h7H,2-4H2,1H3. The molecule has 0 aliphatic rings. The molecule has 0 unspecified atom stereocenters. The molecule has 0 spiro atoms. The molecule has 10 heavy (non-hydrogen) atoms. The number of likely N-dealkylation sites (N-methyl/N-ethyl adjacent to an activating group) is 1. The minimum absolute atomic E-state index is 0.0411. The largest absolute Gasteiger partial charge is 0.395 e. The summed E-state index contributed by atoms with van der Waals surface area (Å²) in [6.45, 7) is 0.985. The summed E-state index contributed by atoms with van der Waals surface area (Å²) in [5, 5.41) is 8.26. The van der Waals surface area contributed by atoms with Gasteiger partial charge in [-0.1, -0.05) is 10.8 Å². The number of rotatable bonds is 4. The molecule has 0 bridgehead atoms. The number of hydrogen-bond donors (Lipinski definition) is 1. The minimum Gasteiger partial charge on any atom is -0.395 e. The van der Waals surface area contributed by atoms with Gasteiger partial charge in [0.05, 0.1) is 6.61 Å². The van der Waals surface area contributed by atoms with Gasteiger partial charge in [0.15, 0.2) is 0 Å². The third-order valence-corrected chi connectivity index (χ3v) is 2.07. The zero-order valence-electron chi connectivity index (χ0n) is 5.62. The summed E-state index contributed by atoms with van der Waals surface area (Å²) in [6, 6.07) is 0. The fourth-order valence-corrected chi connectivity index (χ4v) is 1.14. The topological polar surface area (TPSA) is 57.6 Å². The van der Waals surface area contributed by atoms with Gasteiger partial charge in [0.25, 0.3) is 0 Å². The maximum Gasteiger partial charge on any atom is 0.374 e. The predicted octanol–water partition coefficient (Wildman–Crippen LogP) is -0.485. The second kappa shape index (κ2) is 3.85. The molecule has 0 rings (SSSR count). The highest BCUT2D eigenvalue weighted by atomic mass is 32.3. The first-order valence-corrected chi connectivity index (χ1v) is 4.17. The van der Waals surface area contributed by atoms with Crippen molar-refractivity contribution in [3.63, 3.8) is 0 Å². The number of aliphatic hydroxyl groups excluding tert-OH is 1. The van der Waals surface area contributed by atoms with E-state index in [1.165, 1.54) is 6.92 Å². The molecular formula is C4H10FNO3S. The van der Waals surface area contributed by atoms with Gasteiger partial charge in [-0.2, -0.15) is 12.7 Å². The first kappa shape index (κ1) is 9.80. The van der Waals surface area contributed by atoms with Crippen LogP contribution in [0, 0.1) is 0 Å². The third-order valence-electron chi connectivity index (χ3n) is 1.01. The molecule has 0 amide bonds. The highest BCUT2D eigenvalue weighted by molar-refractivity contribution is 7.83. The zero-order valence-corrected chi connectivity index (χ0v) is 6.43. The van der Waals surface area contributed by atoms with Gasteiger partial charge < -0.3 is 5.11 Å². The lowest BCUT2D eigenvalue weighted by Crippen LogP contribution is -2.30. The second-order valence-electron chi connectivity index (χ2n) is 1.66. The molecule has 4 nitrogen and oxygen atoms in total. The summed E-state index contributed by atoms with van der Waals surface area (Å²) in [7, 11) is -4.60. The van der Waals surface area contributed by atoms with Crippen molar-refractivity contribution in [2.24, 2.45) is 0 Å². The first-order chi connectivity index (χ1) is 4.52. The van der Waals surface area contributed by atoms with Gasteiger partial charge in [-0.05, 0) is 0 Å². The van der Waals surface area contributed by atoms with Crippen LogP contribution < -0.4 is 0 Å². The number of halogens is 1. The van der Waals surface area contributed by atoms with Gasteiger partial charge in [0, 0.05) is 13.1 Å². The molecule has 0 heterocycles. The third kappa shape index (κ3) is 3.09. The quantitative estimate of drug-likeness (QED) is 0.581. The predicted molar refractivity (Wildman–Crippen MR) is 34.4 cm³/mol. The van der Waals surface area contributed by atoms with Crippen LogP contribution in [0.15, 0.2) is 0 Å². The summed E-state index contributed by atoms with van der Waals surface area (Å²) in [5.41, 5.74) is 0. The highest BCUT2D eigenvalue weighted by Crippen LogP contribution is 1.99. The smallest absolute Gasteiger partial charge is 0.374 e. The van der Waals surface area contributed by atoms with Crippen LogP contribution in [0.5, 0.6) is 0 Å². The van der Waals surface area contributed by atoms with Crippen molar-refractivity contribution in [1.29, 1.82) is 0 Å².